The van der Waals surface area contributed by atoms with E-state index in [-0.39, 0.29) is 31.5 Å². The Morgan fingerprint density at radius 3 is 2.52 bits per heavy atom. The van der Waals surface area contributed by atoms with Crippen LogP contribution in [-0.4, -0.2) is 65.8 Å². The van der Waals surface area contributed by atoms with E-state index < -0.39 is 24.1 Å². The van der Waals surface area contributed by atoms with Crippen LogP contribution in [0.3, 0.4) is 0 Å². The molecule has 0 bridgehead atoms. The third-order valence-corrected chi connectivity index (χ3v) is 3.13. The predicted molar refractivity (Wildman–Crippen MR) is 74.8 cm³/mol. The van der Waals surface area contributed by atoms with Gasteiger partial charge in [0.1, 0.15) is 12.1 Å². The molecule has 8 heteroatoms. The Balaban J connectivity index is 2.73. The van der Waals surface area contributed by atoms with Gasteiger partial charge >= 0.3 is 12.0 Å². The number of hydrogen-bond donors (Lipinski definition) is 3. The minimum atomic E-state index is -1.10. The normalized spacial score (nSPS) is 20.0. The fourth-order valence-corrected chi connectivity index (χ4v) is 2.02. The van der Waals surface area contributed by atoms with E-state index in [9.17, 15) is 14.4 Å². The summed E-state index contributed by atoms with van der Waals surface area (Å²) in [5, 5.41) is 14.1. The Morgan fingerprint density at radius 2 is 2.00 bits per heavy atom. The lowest BCUT2D eigenvalue weighted by atomic mass is 10.2. The lowest BCUT2D eigenvalue weighted by Gasteiger charge is -2.35. The maximum absolute atomic E-state index is 12.2. The summed E-state index contributed by atoms with van der Waals surface area (Å²) in [4.78, 5) is 36.6. The van der Waals surface area contributed by atoms with Gasteiger partial charge in [-0.1, -0.05) is 6.92 Å². The molecule has 0 aromatic heterocycles. The summed E-state index contributed by atoms with van der Waals surface area (Å²) in [5.74, 6) is -1.40. The molecule has 0 saturated carbocycles. The number of amides is 3. The van der Waals surface area contributed by atoms with Crippen LogP contribution in [0.2, 0.25) is 0 Å². The van der Waals surface area contributed by atoms with Gasteiger partial charge in [0.2, 0.25) is 5.91 Å². The fraction of sp³-hybridized carbons (Fsp3) is 0.769. The van der Waals surface area contributed by atoms with Crippen LogP contribution in [0.25, 0.3) is 0 Å². The molecule has 21 heavy (non-hydrogen) atoms. The maximum atomic E-state index is 12.2. The topological polar surface area (TPSA) is 108 Å². The van der Waals surface area contributed by atoms with Gasteiger partial charge < -0.3 is 25.4 Å². The highest BCUT2D eigenvalue weighted by molar-refractivity contribution is 5.89. The number of carbonyl (C=O) groups excluding carboxylic acids is 2. The van der Waals surface area contributed by atoms with Crippen molar-refractivity contribution in [1.29, 1.82) is 0 Å². The van der Waals surface area contributed by atoms with Gasteiger partial charge in [-0.25, -0.2) is 9.59 Å². The fourth-order valence-electron chi connectivity index (χ4n) is 2.02. The zero-order chi connectivity index (χ0) is 16.0. The molecule has 0 radical (unpaired) electrons. The van der Waals surface area contributed by atoms with E-state index >= 15 is 0 Å². The van der Waals surface area contributed by atoms with Gasteiger partial charge in [-0.2, -0.15) is 0 Å². The van der Waals surface area contributed by atoms with Crippen molar-refractivity contribution in [2.75, 3.05) is 19.8 Å². The molecule has 1 unspecified atom stereocenters. The number of carbonyl (C=O) groups is 3. The first-order chi connectivity index (χ1) is 9.86. The molecule has 1 rings (SSSR count). The monoisotopic (exact) mass is 301 g/mol. The Bertz CT molecular complexity index is 399. The SMILES string of the molecule is CC[C@H](NC(=O)N1CCOCC1C(=O)NC(C)C)C(=O)O. The molecule has 1 aliphatic heterocycles. The van der Waals surface area contributed by atoms with Gasteiger partial charge in [0.15, 0.2) is 0 Å². The summed E-state index contributed by atoms with van der Waals surface area (Å²) in [6, 6.07) is -2.31. The number of morpholine rings is 1. The number of aliphatic carboxylic acids is 1. The van der Waals surface area contributed by atoms with Crippen LogP contribution in [0.15, 0.2) is 0 Å². The van der Waals surface area contributed by atoms with Crippen LogP contribution in [-0.2, 0) is 14.3 Å². The number of carboxylic acid groups (broad SMARTS) is 1. The highest BCUT2D eigenvalue weighted by Crippen LogP contribution is 2.09. The standard InChI is InChI=1S/C13H23N3O5/c1-4-9(12(18)19)15-13(20)16-5-6-21-7-10(16)11(17)14-8(2)3/h8-10H,4-7H2,1-3H3,(H,14,17)(H,15,20)(H,18,19)/t9-,10?/m0/s1. The van der Waals surface area contributed by atoms with Crippen molar-refractivity contribution in [3.63, 3.8) is 0 Å². The van der Waals surface area contributed by atoms with Crippen molar-refractivity contribution in [2.24, 2.45) is 0 Å². The molecular formula is C13H23N3O5. The number of ether oxygens (including phenoxy) is 1. The first-order valence-corrected chi connectivity index (χ1v) is 7.04. The Hall–Kier alpha value is -1.83. The van der Waals surface area contributed by atoms with Gasteiger partial charge in [0, 0.05) is 12.6 Å². The number of nitrogens with zero attached hydrogens (tertiary/aromatic N) is 1. The van der Waals surface area contributed by atoms with E-state index in [2.05, 4.69) is 10.6 Å². The van der Waals surface area contributed by atoms with Crippen molar-refractivity contribution in [3.05, 3.63) is 0 Å². The lowest BCUT2D eigenvalue weighted by molar-refractivity contribution is -0.139. The molecule has 0 aromatic carbocycles. The Morgan fingerprint density at radius 1 is 1.33 bits per heavy atom. The highest BCUT2D eigenvalue weighted by atomic mass is 16.5. The zero-order valence-corrected chi connectivity index (χ0v) is 12.6. The van der Waals surface area contributed by atoms with Gasteiger partial charge in [0.05, 0.1) is 13.2 Å². The van der Waals surface area contributed by atoms with Crippen LogP contribution >= 0.6 is 0 Å². The zero-order valence-electron chi connectivity index (χ0n) is 12.6. The summed E-state index contributed by atoms with van der Waals surface area (Å²) >= 11 is 0. The molecule has 0 aliphatic carbocycles. The largest absolute Gasteiger partial charge is 0.480 e. The quantitative estimate of drug-likeness (QED) is 0.651. The molecule has 120 valence electrons. The average molecular weight is 301 g/mol. The van der Waals surface area contributed by atoms with E-state index in [0.717, 1.165) is 0 Å². The molecular weight excluding hydrogens is 278 g/mol. The molecule has 0 spiro atoms. The first-order valence-electron chi connectivity index (χ1n) is 7.04. The molecule has 1 aliphatic rings. The van der Waals surface area contributed by atoms with Gasteiger partial charge in [-0.05, 0) is 20.3 Å². The average Bonchev–Trinajstić information content (AvgIpc) is 2.43. The molecule has 1 fully saturated rings. The molecule has 1 heterocycles. The van der Waals surface area contributed by atoms with Crippen molar-refractivity contribution in [2.45, 2.75) is 45.3 Å². The number of hydrogen-bond acceptors (Lipinski definition) is 4. The minimum absolute atomic E-state index is 0.0493. The molecule has 8 nitrogen and oxygen atoms in total. The summed E-state index contributed by atoms with van der Waals surface area (Å²) in [6.45, 7) is 5.99. The van der Waals surface area contributed by atoms with Crippen molar-refractivity contribution >= 4 is 17.9 Å². The predicted octanol–water partition coefficient (Wildman–Crippen LogP) is -0.215. The molecule has 3 N–H and O–H groups in total. The summed E-state index contributed by atoms with van der Waals surface area (Å²) < 4.78 is 5.25. The first kappa shape index (κ1) is 17.2. The Kier molecular flexibility index (Phi) is 6.41. The van der Waals surface area contributed by atoms with E-state index in [1.54, 1.807) is 6.92 Å². The number of carboxylic acids is 1. The second-order valence-electron chi connectivity index (χ2n) is 5.20. The number of urea groups is 1. The van der Waals surface area contributed by atoms with Gasteiger partial charge in [-0.15, -0.1) is 0 Å². The second-order valence-corrected chi connectivity index (χ2v) is 5.20. The van der Waals surface area contributed by atoms with Crippen LogP contribution in [0, 0.1) is 0 Å². The van der Waals surface area contributed by atoms with Gasteiger partial charge in [0.25, 0.3) is 0 Å². The molecule has 1 saturated heterocycles. The highest BCUT2D eigenvalue weighted by Gasteiger charge is 2.34. The van der Waals surface area contributed by atoms with Crippen molar-refractivity contribution in [3.8, 4) is 0 Å². The minimum Gasteiger partial charge on any atom is -0.480 e. The second kappa shape index (κ2) is 7.82. The third-order valence-electron chi connectivity index (χ3n) is 3.13. The lowest BCUT2D eigenvalue weighted by Crippen LogP contribution is -2.60. The van der Waals surface area contributed by atoms with Crippen LogP contribution in [0.5, 0.6) is 0 Å². The third kappa shape index (κ3) is 4.89. The van der Waals surface area contributed by atoms with E-state index in [4.69, 9.17) is 9.84 Å². The van der Waals surface area contributed by atoms with Crippen LogP contribution < -0.4 is 10.6 Å². The van der Waals surface area contributed by atoms with E-state index in [1.807, 2.05) is 13.8 Å². The molecule has 2 atom stereocenters. The number of nitrogens with one attached hydrogen (secondary N) is 2. The summed E-state index contributed by atoms with van der Waals surface area (Å²) in [5.41, 5.74) is 0. The summed E-state index contributed by atoms with van der Waals surface area (Å²) in [7, 11) is 0. The van der Waals surface area contributed by atoms with Crippen molar-refractivity contribution < 1.29 is 24.2 Å². The number of rotatable bonds is 5. The van der Waals surface area contributed by atoms with Crippen LogP contribution in [0.4, 0.5) is 4.79 Å². The van der Waals surface area contributed by atoms with Crippen LogP contribution in [0.1, 0.15) is 27.2 Å². The molecule has 3 amide bonds. The maximum Gasteiger partial charge on any atom is 0.326 e. The smallest absolute Gasteiger partial charge is 0.326 e. The van der Waals surface area contributed by atoms with Crippen molar-refractivity contribution in [1.82, 2.24) is 15.5 Å². The van der Waals surface area contributed by atoms with E-state index in [1.165, 1.54) is 4.90 Å². The van der Waals surface area contributed by atoms with Gasteiger partial charge in [-0.3, -0.25) is 4.79 Å². The molecule has 0 aromatic rings. The Labute approximate surface area is 123 Å². The summed E-state index contributed by atoms with van der Waals surface area (Å²) in [6.07, 6.45) is 0.272. The van der Waals surface area contributed by atoms with E-state index in [0.29, 0.717) is 6.61 Å².